The number of carbonyl (C=O) groups excluding carboxylic acids is 1. The van der Waals surface area contributed by atoms with E-state index in [2.05, 4.69) is 42.4 Å². The van der Waals surface area contributed by atoms with E-state index in [0.717, 1.165) is 11.3 Å². The third kappa shape index (κ3) is 4.98. The molecule has 5 rings (SSSR count). The van der Waals surface area contributed by atoms with E-state index in [9.17, 15) is 9.18 Å². The monoisotopic (exact) mass is 500 g/mol. The van der Waals surface area contributed by atoms with E-state index in [1.54, 1.807) is 42.2 Å². The fourth-order valence-electron chi connectivity index (χ4n) is 3.60. The van der Waals surface area contributed by atoms with E-state index in [4.69, 9.17) is 9.47 Å². The lowest BCUT2D eigenvalue weighted by Crippen LogP contribution is -2.12. The summed E-state index contributed by atoms with van der Waals surface area (Å²) in [5, 5.41) is 14.2. The van der Waals surface area contributed by atoms with Crippen molar-refractivity contribution in [2.45, 2.75) is 13.8 Å². The largest absolute Gasteiger partial charge is 0.492 e. The number of aryl methyl sites for hydroxylation is 1. The van der Waals surface area contributed by atoms with E-state index >= 15 is 0 Å². The van der Waals surface area contributed by atoms with Crippen molar-refractivity contribution in [3.63, 3.8) is 0 Å². The first-order chi connectivity index (χ1) is 17.9. The summed E-state index contributed by atoms with van der Waals surface area (Å²) in [7, 11) is 0. The summed E-state index contributed by atoms with van der Waals surface area (Å²) in [6.45, 7) is 7.09. The van der Waals surface area contributed by atoms with Crippen LogP contribution in [0.1, 0.15) is 12.5 Å². The zero-order valence-electron chi connectivity index (χ0n) is 19.9. The molecule has 5 aromatic rings. The van der Waals surface area contributed by atoms with Crippen LogP contribution in [0.3, 0.4) is 0 Å². The van der Waals surface area contributed by atoms with Gasteiger partial charge in [0.2, 0.25) is 5.88 Å². The summed E-state index contributed by atoms with van der Waals surface area (Å²) < 4.78 is 26.6. The molecule has 11 nitrogen and oxygen atoms in total. The van der Waals surface area contributed by atoms with Gasteiger partial charge >= 0.3 is 0 Å². The zero-order chi connectivity index (χ0) is 25.9. The molecular weight excluding hydrogens is 479 g/mol. The molecule has 0 aliphatic carbocycles. The van der Waals surface area contributed by atoms with Crippen LogP contribution in [0.5, 0.6) is 17.4 Å². The van der Waals surface area contributed by atoms with E-state index in [-0.39, 0.29) is 5.69 Å². The molecule has 0 aliphatic heterocycles. The van der Waals surface area contributed by atoms with Crippen molar-refractivity contribution in [1.29, 1.82) is 0 Å². The van der Waals surface area contributed by atoms with Crippen molar-refractivity contribution in [3.05, 3.63) is 73.3 Å². The molecule has 0 unspecified atom stereocenters. The molecule has 12 heteroatoms. The number of fused-ring (bicyclic) bond motifs is 2. The Bertz CT molecular complexity index is 1650. The molecule has 0 saturated carbocycles. The Morgan fingerprint density at radius 2 is 1.97 bits per heavy atom. The maximum Gasteiger partial charge on any atom is 0.283 e. The molecule has 3 aromatic heterocycles. The predicted octanol–water partition coefficient (Wildman–Crippen LogP) is 4.73. The number of hydrogen-bond acceptors (Lipinski definition) is 9. The summed E-state index contributed by atoms with van der Waals surface area (Å²) in [6, 6.07) is 10.5. The fraction of sp³-hybridized carbons (Fsp3) is 0.120. The second-order valence-corrected chi connectivity index (χ2v) is 7.91. The molecule has 0 fully saturated rings. The number of carbonyl (C=O) groups is 1. The van der Waals surface area contributed by atoms with Crippen molar-refractivity contribution >= 4 is 39.6 Å². The van der Waals surface area contributed by atoms with Gasteiger partial charge in [0, 0.05) is 23.2 Å². The Morgan fingerprint density at radius 1 is 1.11 bits per heavy atom. The number of nitrogens with zero attached hydrogens (tertiary/aromatic N) is 6. The number of aromatic nitrogens is 6. The molecule has 0 bridgehead atoms. The highest BCUT2D eigenvalue weighted by Gasteiger charge is 2.15. The average molecular weight is 500 g/mol. The topological polar surface area (TPSA) is 128 Å². The normalized spacial score (nSPS) is 10.9. The predicted molar refractivity (Wildman–Crippen MR) is 135 cm³/mol. The number of nitrogens with one attached hydrogen (secondary N) is 2. The maximum absolute atomic E-state index is 13.3. The number of hydrogen-bond donors (Lipinski definition) is 2. The van der Waals surface area contributed by atoms with Gasteiger partial charge < -0.3 is 20.1 Å². The lowest BCUT2D eigenvalue weighted by atomic mass is 10.1. The van der Waals surface area contributed by atoms with Crippen LogP contribution in [0.4, 0.5) is 21.6 Å². The molecule has 3 heterocycles. The van der Waals surface area contributed by atoms with Crippen molar-refractivity contribution < 1.29 is 18.7 Å². The van der Waals surface area contributed by atoms with Crippen LogP contribution in [0.15, 0.2) is 67.8 Å². The Hall–Kier alpha value is -5.13. The van der Waals surface area contributed by atoms with Crippen molar-refractivity contribution in [2.75, 3.05) is 17.2 Å². The molecule has 2 aromatic carbocycles. The van der Waals surface area contributed by atoms with Crippen LogP contribution < -0.4 is 20.1 Å². The zero-order valence-corrected chi connectivity index (χ0v) is 19.9. The number of rotatable bonds is 8. The first kappa shape index (κ1) is 23.6. The number of ether oxygens (including phenoxy) is 2. The maximum atomic E-state index is 13.3. The summed E-state index contributed by atoms with van der Waals surface area (Å²) in [5.41, 5.74) is 3.05. The number of amides is 1. The van der Waals surface area contributed by atoms with Gasteiger partial charge in [-0.25, -0.2) is 19.3 Å². The standard InChI is InChI=1S/C25H21FN8O3/c1-4-36-21-9-18-17(8-19(21)32-25(35)15(3)26)24(28-11-27-18)31-16-5-6-20(14(2)7-16)37-23-10-22-33-30-13-34(22)12-29-23/h5-13H,3-4H2,1-2H3,(H,32,35)(H,27,28,31). The number of halogens is 1. The second-order valence-electron chi connectivity index (χ2n) is 7.91. The van der Waals surface area contributed by atoms with Gasteiger partial charge in [-0.3, -0.25) is 9.20 Å². The molecule has 0 aliphatic rings. The highest BCUT2D eigenvalue weighted by molar-refractivity contribution is 6.05. The Labute approximate surface area is 210 Å². The summed E-state index contributed by atoms with van der Waals surface area (Å²) >= 11 is 0. The van der Waals surface area contributed by atoms with E-state index in [0.29, 0.717) is 46.4 Å². The van der Waals surface area contributed by atoms with Crippen molar-refractivity contribution in [2.24, 2.45) is 0 Å². The van der Waals surface area contributed by atoms with Gasteiger partial charge in [-0.2, -0.15) is 0 Å². The molecule has 186 valence electrons. The highest BCUT2D eigenvalue weighted by atomic mass is 19.1. The van der Waals surface area contributed by atoms with Gasteiger partial charge in [-0.15, -0.1) is 10.2 Å². The lowest BCUT2D eigenvalue weighted by Gasteiger charge is -2.15. The number of anilines is 3. The lowest BCUT2D eigenvalue weighted by molar-refractivity contribution is -0.114. The third-order valence-electron chi connectivity index (χ3n) is 5.35. The summed E-state index contributed by atoms with van der Waals surface area (Å²) in [5.74, 6) is -0.233. The summed E-state index contributed by atoms with van der Waals surface area (Å²) in [6.07, 6.45) is 4.55. The van der Waals surface area contributed by atoms with E-state index in [1.165, 1.54) is 6.33 Å². The van der Waals surface area contributed by atoms with E-state index in [1.807, 2.05) is 25.1 Å². The smallest absolute Gasteiger partial charge is 0.283 e. The molecule has 37 heavy (non-hydrogen) atoms. The average Bonchev–Trinajstić information content (AvgIpc) is 3.34. The Kier molecular flexibility index (Phi) is 6.29. The first-order valence-corrected chi connectivity index (χ1v) is 11.2. The van der Waals surface area contributed by atoms with Gasteiger partial charge in [-0.1, -0.05) is 6.58 Å². The van der Waals surface area contributed by atoms with E-state index < -0.39 is 11.7 Å². The van der Waals surface area contributed by atoms with Crippen molar-refractivity contribution in [1.82, 2.24) is 29.5 Å². The molecule has 0 radical (unpaired) electrons. The second kappa shape index (κ2) is 9.85. The highest BCUT2D eigenvalue weighted by Crippen LogP contribution is 2.34. The van der Waals surface area contributed by atoms with Gasteiger partial charge in [0.05, 0.1) is 17.8 Å². The minimum Gasteiger partial charge on any atom is -0.492 e. The fourth-order valence-corrected chi connectivity index (χ4v) is 3.60. The van der Waals surface area contributed by atoms with Crippen LogP contribution >= 0.6 is 0 Å². The van der Waals surface area contributed by atoms with Crippen LogP contribution in [-0.2, 0) is 4.79 Å². The molecule has 0 spiro atoms. The minimum absolute atomic E-state index is 0.271. The van der Waals surface area contributed by atoms with Gasteiger partial charge in [0.25, 0.3) is 5.91 Å². The van der Waals surface area contributed by atoms with Crippen LogP contribution in [-0.4, -0.2) is 42.1 Å². The van der Waals surface area contributed by atoms with Crippen LogP contribution in [0, 0.1) is 6.92 Å². The SMILES string of the molecule is C=C(F)C(=O)Nc1cc2c(Nc3ccc(Oc4cc5nncn5cn4)c(C)c3)ncnc2cc1OCC. The summed E-state index contributed by atoms with van der Waals surface area (Å²) in [4.78, 5) is 24.8. The number of benzene rings is 2. The first-order valence-electron chi connectivity index (χ1n) is 11.2. The quantitative estimate of drug-likeness (QED) is 0.291. The minimum atomic E-state index is -1.11. The Balaban J connectivity index is 1.43. The molecule has 0 saturated heterocycles. The van der Waals surface area contributed by atoms with Crippen LogP contribution in [0.2, 0.25) is 0 Å². The van der Waals surface area contributed by atoms with Crippen molar-refractivity contribution in [3.8, 4) is 17.4 Å². The van der Waals surface area contributed by atoms with Gasteiger partial charge in [0.15, 0.2) is 11.5 Å². The molecule has 2 N–H and O–H groups in total. The molecular formula is C25H21FN8O3. The van der Waals surface area contributed by atoms with Gasteiger partial charge in [0.1, 0.15) is 36.3 Å². The Morgan fingerprint density at radius 3 is 2.76 bits per heavy atom. The molecule has 1 amide bonds. The van der Waals surface area contributed by atoms with Crippen LogP contribution in [0.25, 0.3) is 16.6 Å². The molecule has 0 atom stereocenters. The third-order valence-corrected chi connectivity index (χ3v) is 5.35. The van der Waals surface area contributed by atoms with Gasteiger partial charge in [-0.05, 0) is 43.7 Å².